The molecule has 48 valence electrons. The van der Waals surface area contributed by atoms with Crippen LogP contribution in [-0.2, 0) is 9.47 Å². The Balaban J connectivity index is 2.00. The lowest BCUT2D eigenvalue weighted by Gasteiger charge is -2.11. The Morgan fingerprint density at radius 3 is 2.33 bits per heavy atom. The van der Waals surface area contributed by atoms with Crippen molar-refractivity contribution in [2.75, 3.05) is 0 Å². The normalized spacial score (nSPS) is 55.2. The summed E-state index contributed by atoms with van der Waals surface area (Å²) in [6, 6.07) is -0.153. The Bertz CT molecular complexity index is 128. The molecule has 0 aliphatic carbocycles. The second-order valence-electron chi connectivity index (χ2n) is 2.61. The highest BCUT2D eigenvalue weighted by atomic mass is 16.7. The standard InChI is InChI=1S/C6H9BO2/c1-2-3-4-5(9-4)6(7)8-3/h3-6H,2H2,1H3. The lowest BCUT2D eigenvalue weighted by atomic mass is 9.97. The molecule has 0 bridgehead atoms. The zero-order valence-corrected chi connectivity index (χ0v) is 5.41. The van der Waals surface area contributed by atoms with E-state index >= 15 is 0 Å². The van der Waals surface area contributed by atoms with E-state index in [0.29, 0.717) is 6.10 Å². The Morgan fingerprint density at radius 1 is 1.33 bits per heavy atom. The van der Waals surface area contributed by atoms with Crippen molar-refractivity contribution >= 4 is 7.85 Å². The van der Waals surface area contributed by atoms with E-state index in [9.17, 15) is 0 Å². The molecule has 4 unspecified atom stereocenters. The summed E-state index contributed by atoms with van der Waals surface area (Å²) in [6.07, 6.45) is 1.82. The van der Waals surface area contributed by atoms with Gasteiger partial charge in [-0.3, -0.25) is 0 Å². The minimum atomic E-state index is -0.153. The summed E-state index contributed by atoms with van der Waals surface area (Å²) in [7, 11) is 5.54. The maximum Gasteiger partial charge on any atom is 0.112 e. The van der Waals surface area contributed by atoms with Crippen LogP contribution in [0.15, 0.2) is 0 Å². The van der Waals surface area contributed by atoms with Crippen LogP contribution in [0.4, 0.5) is 0 Å². The van der Waals surface area contributed by atoms with Gasteiger partial charge in [-0.1, -0.05) is 6.92 Å². The molecular weight excluding hydrogens is 115 g/mol. The molecule has 2 rings (SSSR count). The Kier molecular flexibility index (Phi) is 1.11. The molecule has 2 aliphatic rings. The van der Waals surface area contributed by atoms with Gasteiger partial charge in [-0.15, -0.1) is 0 Å². The average molecular weight is 124 g/mol. The molecule has 2 saturated heterocycles. The highest BCUT2D eigenvalue weighted by molar-refractivity contribution is 6.12. The van der Waals surface area contributed by atoms with Crippen molar-refractivity contribution in [2.24, 2.45) is 0 Å². The summed E-state index contributed by atoms with van der Waals surface area (Å²) in [5.74, 6) is 0. The molecule has 2 heterocycles. The van der Waals surface area contributed by atoms with Crippen LogP contribution < -0.4 is 0 Å². The van der Waals surface area contributed by atoms with Gasteiger partial charge in [0.05, 0.1) is 6.10 Å². The Labute approximate surface area is 55.9 Å². The number of hydrogen-bond donors (Lipinski definition) is 0. The van der Waals surface area contributed by atoms with E-state index in [4.69, 9.17) is 17.3 Å². The average Bonchev–Trinajstić information content (AvgIpc) is 2.56. The fourth-order valence-corrected chi connectivity index (χ4v) is 1.38. The zero-order chi connectivity index (χ0) is 6.43. The smallest absolute Gasteiger partial charge is 0.112 e. The maximum absolute atomic E-state index is 5.54. The first-order valence-electron chi connectivity index (χ1n) is 3.39. The second kappa shape index (κ2) is 1.73. The van der Waals surface area contributed by atoms with Crippen LogP contribution >= 0.6 is 0 Å². The van der Waals surface area contributed by atoms with E-state index in [-0.39, 0.29) is 18.2 Å². The van der Waals surface area contributed by atoms with Crippen molar-refractivity contribution in [1.29, 1.82) is 0 Å². The van der Waals surface area contributed by atoms with Crippen LogP contribution in [0.25, 0.3) is 0 Å². The maximum atomic E-state index is 5.54. The third-order valence-electron chi connectivity index (χ3n) is 1.99. The molecular formula is C6H9BO2. The van der Waals surface area contributed by atoms with Crippen molar-refractivity contribution in [1.82, 2.24) is 0 Å². The van der Waals surface area contributed by atoms with Gasteiger partial charge in [0.2, 0.25) is 0 Å². The molecule has 2 aliphatic heterocycles. The van der Waals surface area contributed by atoms with Crippen LogP contribution in [0.1, 0.15) is 13.3 Å². The van der Waals surface area contributed by atoms with Gasteiger partial charge < -0.3 is 9.47 Å². The molecule has 3 heteroatoms. The van der Waals surface area contributed by atoms with Crippen molar-refractivity contribution in [3.63, 3.8) is 0 Å². The fourth-order valence-electron chi connectivity index (χ4n) is 1.38. The second-order valence-corrected chi connectivity index (χ2v) is 2.61. The first kappa shape index (κ1) is 5.75. The van der Waals surface area contributed by atoms with E-state index < -0.39 is 0 Å². The largest absolute Gasteiger partial charge is 0.379 e. The van der Waals surface area contributed by atoms with Gasteiger partial charge in [0.1, 0.15) is 20.1 Å². The summed E-state index contributed by atoms with van der Waals surface area (Å²) >= 11 is 0. The number of rotatable bonds is 1. The first-order chi connectivity index (χ1) is 4.33. The molecule has 0 aromatic rings. The molecule has 2 fully saturated rings. The Morgan fingerprint density at radius 2 is 2.11 bits per heavy atom. The highest BCUT2D eigenvalue weighted by Gasteiger charge is 2.54. The van der Waals surface area contributed by atoms with Crippen molar-refractivity contribution in [2.45, 2.75) is 37.7 Å². The summed E-state index contributed by atoms with van der Waals surface area (Å²) in [5, 5.41) is 0. The van der Waals surface area contributed by atoms with Gasteiger partial charge in [0.25, 0.3) is 0 Å². The summed E-state index contributed by atoms with van der Waals surface area (Å²) in [4.78, 5) is 0. The van der Waals surface area contributed by atoms with Gasteiger partial charge in [0, 0.05) is 6.00 Å². The monoisotopic (exact) mass is 124 g/mol. The zero-order valence-electron chi connectivity index (χ0n) is 5.41. The minimum absolute atomic E-state index is 0.153. The number of epoxide rings is 1. The first-order valence-corrected chi connectivity index (χ1v) is 3.39. The predicted molar refractivity (Wildman–Crippen MR) is 33.4 cm³/mol. The number of hydrogen-bond acceptors (Lipinski definition) is 2. The molecule has 0 saturated carbocycles. The van der Waals surface area contributed by atoms with Crippen LogP contribution in [-0.4, -0.2) is 32.2 Å². The van der Waals surface area contributed by atoms with Gasteiger partial charge in [-0.05, 0) is 6.42 Å². The van der Waals surface area contributed by atoms with E-state index in [0.717, 1.165) is 6.42 Å². The number of fused-ring (bicyclic) bond motifs is 1. The molecule has 0 N–H and O–H groups in total. The van der Waals surface area contributed by atoms with Gasteiger partial charge >= 0.3 is 0 Å². The molecule has 2 radical (unpaired) electrons. The van der Waals surface area contributed by atoms with E-state index in [1.165, 1.54) is 0 Å². The summed E-state index contributed by atoms with van der Waals surface area (Å²) < 4.78 is 10.5. The lowest BCUT2D eigenvalue weighted by Crippen LogP contribution is -2.18. The highest BCUT2D eigenvalue weighted by Crippen LogP contribution is 2.38. The van der Waals surface area contributed by atoms with Crippen molar-refractivity contribution < 1.29 is 9.47 Å². The van der Waals surface area contributed by atoms with Crippen LogP contribution in [0, 0.1) is 0 Å². The summed E-state index contributed by atoms with van der Waals surface area (Å²) in [5.41, 5.74) is 0. The van der Waals surface area contributed by atoms with Crippen molar-refractivity contribution in [3.05, 3.63) is 0 Å². The van der Waals surface area contributed by atoms with Gasteiger partial charge in [-0.2, -0.15) is 0 Å². The molecule has 0 aromatic heterocycles. The third-order valence-corrected chi connectivity index (χ3v) is 1.99. The minimum Gasteiger partial charge on any atom is -0.379 e. The summed E-state index contributed by atoms with van der Waals surface area (Å²) in [6.45, 7) is 2.08. The molecule has 9 heavy (non-hydrogen) atoms. The molecule has 0 amide bonds. The SMILES string of the molecule is [B]C1OC(CC)C2OC12. The molecule has 4 atom stereocenters. The van der Waals surface area contributed by atoms with E-state index in [1.54, 1.807) is 0 Å². The van der Waals surface area contributed by atoms with Gasteiger partial charge in [-0.25, -0.2) is 0 Å². The third kappa shape index (κ3) is 0.716. The topological polar surface area (TPSA) is 21.8 Å². The van der Waals surface area contributed by atoms with E-state index in [2.05, 4.69) is 6.92 Å². The van der Waals surface area contributed by atoms with Crippen LogP contribution in [0.5, 0.6) is 0 Å². The van der Waals surface area contributed by atoms with Gasteiger partial charge in [0.15, 0.2) is 0 Å². The molecule has 0 spiro atoms. The Hall–Kier alpha value is -0.0151. The van der Waals surface area contributed by atoms with Crippen molar-refractivity contribution in [3.8, 4) is 0 Å². The lowest BCUT2D eigenvalue weighted by molar-refractivity contribution is 0.00648. The van der Waals surface area contributed by atoms with Crippen LogP contribution in [0.2, 0.25) is 0 Å². The van der Waals surface area contributed by atoms with E-state index in [1.807, 2.05) is 0 Å². The number of ether oxygens (including phenoxy) is 2. The quantitative estimate of drug-likeness (QED) is 0.364. The molecule has 0 aromatic carbocycles. The van der Waals surface area contributed by atoms with Crippen LogP contribution in [0.3, 0.4) is 0 Å². The fraction of sp³-hybridized carbons (Fsp3) is 1.00. The molecule has 2 nitrogen and oxygen atoms in total. The predicted octanol–water partition coefficient (Wildman–Crippen LogP) is 0.0572.